The Balaban J connectivity index is 1.75. The van der Waals surface area contributed by atoms with E-state index in [-0.39, 0.29) is 12.0 Å². The molecule has 1 aliphatic carbocycles. The van der Waals surface area contributed by atoms with E-state index in [4.69, 9.17) is 0 Å². The van der Waals surface area contributed by atoms with E-state index >= 15 is 0 Å². The second-order valence-corrected chi connectivity index (χ2v) is 6.61. The number of hydrogen-bond acceptors (Lipinski definition) is 6. The fraction of sp³-hybridized carbons (Fsp3) is 0.500. The maximum absolute atomic E-state index is 12.5. The maximum Gasteiger partial charge on any atom is 0.325 e. The van der Waals surface area contributed by atoms with Gasteiger partial charge in [0.2, 0.25) is 5.75 Å². The molecule has 3 rings (SSSR count). The zero-order valence-electron chi connectivity index (χ0n) is 14.0. The summed E-state index contributed by atoms with van der Waals surface area (Å²) >= 11 is 0. The van der Waals surface area contributed by atoms with Crippen LogP contribution in [0, 0.1) is 10.1 Å². The summed E-state index contributed by atoms with van der Waals surface area (Å²) in [6.45, 7) is 1.44. The van der Waals surface area contributed by atoms with Gasteiger partial charge in [-0.25, -0.2) is 0 Å². The maximum atomic E-state index is 12.5. The van der Waals surface area contributed by atoms with Gasteiger partial charge in [-0.3, -0.25) is 14.9 Å². The van der Waals surface area contributed by atoms with Crippen molar-refractivity contribution in [3.8, 4) is 11.5 Å². The number of carbonyl (C=O) groups is 1. The number of ketones is 1. The lowest BCUT2D eigenvalue weighted by Gasteiger charge is -2.36. The van der Waals surface area contributed by atoms with Crippen LogP contribution in [0.4, 0.5) is 5.69 Å². The zero-order valence-corrected chi connectivity index (χ0v) is 14.0. The van der Waals surface area contributed by atoms with Crippen molar-refractivity contribution in [2.75, 3.05) is 13.1 Å². The van der Waals surface area contributed by atoms with Gasteiger partial charge >= 0.3 is 5.69 Å². The van der Waals surface area contributed by atoms with Gasteiger partial charge in [0.1, 0.15) is 0 Å². The summed E-state index contributed by atoms with van der Waals surface area (Å²) in [7, 11) is 0. The van der Waals surface area contributed by atoms with Gasteiger partial charge in [0.25, 0.3) is 0 Å². The van der Waals surface area contributed by atoms with Crippen LogP contribution in [0.2, 0.25) is 0 Å². The Morgan fingerprint density at radius 2 is 1.88 bits per heavy atom. The minimum Gasteiger partial charge on any atom is -0.504 e. The molecular weight excluding hydrogens is 324 g/mol. The number of Topliss-reactive ketones (excluding diaryl/α,β-unsaturated/α-hetero) is 1. The van der Waals surface area contributed by atoms with E-state index in [9.17, 15) is 25.1 Å². The van der Waals surface area contributed by atoms with Crippen molar-refractivity contribution in [1.82, 2.24) is 4.90 Å². The molecule has 1 aliphatic heterocycles. The van der Waals surface area contributed by atoms with Gasteiger partial charge in [0.05, 0.1) is 10.5 Å². The molecule has 134 valence electrons. The third-order valence-electron chi connectivity index (χ3n) is 5.06. The Bertz CT molecular complexity index is 737. The minimum atomic E-state index is -0.855. The molecule has 2 N–H and O–H groups in total. The summed E-state index contributed by atoms with van der Waals surface area (Å²) in [6, 6.07) is 2.31. The SMILES string of the molecule is O=C(CCN1CCCC2=C1CCCC2)c1ccc(O)c(O)c1[N+](=O)[O-]. The molecule has 1 heterocycles. The highest BCUT2D eigenvalue weighted by molar-refractivity contribution is 6.01. The molecule has 0 spiro atoms. The number of aromatic hydroxyl groups is 2. The molecule has 0 atom stereocenters. The number of phenols is 2. The Kier molecular flexibility index (Phi) is 4.92. The first-order valence-electron chi connectivity index (χ1n) is 8.67. The van der Waals surface area contributed by atoms with Crippen LogP contribution in [0.25, 0.3) is 0 Å². The largest absolute Gasteiger partial charge is 0.504 e. The molecule has 0 fully saturated rings. The van der Waals surface area contributed by atoms with E-state index in [1.54, 1.807) is 0 Å². The van der Waals surface area contributed by atoms with Gasteiger partial charge < -0.3 is 15.1 Å². The minimum absolute atomic E-state index is 0.141. The predicted octanol–water partition coefficient (Wildman–Crippen LogP) is 3.50. The van der Waals surface area contributed by atoms with Crippen LogP contribution in [0.5, 0.6) is 11.5 Å². The molecule has 0 aromatic heterocycles. The number of rotatable bonds is 5. The first-order chi connectivity index (χ1) is 12.0. The highest BCUT2D eigenvalue weighted by atomic mass is 16.6. The number of nitrogens with zero attached hydrogens (tertiary/aromatic N) is 2. The lowest BCUT2D eigenvalue weighted by molar-refractivity contribution is -0.386. The number of phenolic OH excluding ortho intramolecular Hbond substituents is 2. The van der Waals surface area contributed by atoms with E-state index in [0.29, 0.717) is 6.54 Å². The van der Waals surface area contributed by atoms with E-state index in [0.717, 1.165) is 38.3 Å². The normalized spacial score (nSPS) is 17.4. The van der Waals surface area contributed by atoms with Gasteiger partial charge in [0, 0.05) is 25.2 Å². The molecular formula is C18H22N2O5. The number of carbonyl (C=O) groups excluding carboxylic acids is 1. The first-order valence-corrected chi connectivity index (χ1v) is 8.67. The summed E-state index contributed by atoms with van der Waals surface area (Å²) in [5.74, 6) is -1.85. The van der Waals surface area contributed by atoms with Gasteiger partial charge in [-0.1, -0.05) is 5.57 Å². The molecule has 0 saturated carbocycles. The number of hydrogen-bond donors (Lipinski definition) is 2. The third-order valence-corrected chi connectivity index (χ3v) is 5.06. The van der Waals surface area contributed by atoms with Crippen molar-refractivity contribution in [3.05, 3.63) is 39.1 Å². The summed E-state index contributed by atoms with van der Waals surface area (Å²) in [6.07, 6.45) is 6.93. The van der Waals surface area contributed by atoms with E-state index in [2.05, 4.69) is 4.90 Å². The lowest BCUT2D eigenvalue weighted by Crippen LogP contribution is -2.32. The molecule has 1 aromatic carbocycles. The summed E-state index contributed by atoms with van der Waals surface area (Å²) in [5.41, 5.74) is 1.97. The molecule has 0 radical (unpaired) electrons. The quantitative estimate of drug-likeness (QED) is 0.366. The van der Waals surface area contributed by atoms with Crippen LogP contribution in [0.3, 0.4) is 0 Å². The average Bonchev–Trinajstić information content (AvgIpc) is 2.61. The van der Waals surface area contributed by atoms with E-state index < -0.39 is 27.9 Å². The van der Waals surface area contributed by atoms with Crippen LogP contribution in [0.15, 0.2) is 23.4 Å². The van der Waals surface area contributed by atoms with Crippen molar-refractivity contribution in [1.29, 1.82) is 0 Å². The topological polar surface area (TPSA) is 104 Å². The average molecular weight is 346 g/mol. The predicted molar refractivity (Wildman–Crippen MR) is 91.7 cm³/mol. The molecule has 7 heteroatoms. The van der Waals surface area contributed by atoms with Gasteiger partial charge in [-0.2, -0.15) is 0 Å². The van der Waals surface area contributed by atoms with Crippen molar-refractivity contribution in [2.24, 2.45) is 0 Å². The van der Waals surface area contributed by atoms with Crippen molar-refractivity contribution >= 4 is 11.5 Å². The van der Waals surface area contributed by atoms with Crippen LogP contribution < -0.4 is 0 Å². The Hall–Kier alpha value is -2.57. The first kappa shape index (κ1) is 17.3. The smallest absolute Gasteiger partial charge is 0.325 e. The fourth-order valence-electron chi connectivity index (χ4n) is 3.82. The molecule has 2 aliphatic rings. The van der Waals surface area contributed by atoms with E-state index in [1.165, 1.54) is 30.2 Å². The fourth-order valence-corrected chi connectivity index (χ4v) is 3.82. The van der Waals surface area contributed by atoms with Crippen LogP contribution in [-0.2, 0) is 0 Å². The highest BCUT2D eigenvalue weighted by Gasteiger charge is 2.28. The monoisotopic (exact) mass is 346 g/mol. The number of allylic oxidation sites excluding steroid dienone is 2. The second-order valence-electron chi connectivity index (χ2n) is 6.61. The van der Waals surface area contributed by atoms with Gasteiger partial charge in [-0.15, -0.1) is 0 Å². The Labute approximate surface area is 145 Å². The van der Waals surface area contributed by atoms with Crippen LogP contribution in [-0.4, -0.2) is 38.9 Å². The van der Waals surface area contributed by atoms with Crippen molar-refractivity contribution in [3.63, 3.8) is 0 Å². The lowest BCUT2D eigenvalue weighted by atomic mass is 9.89. The Morgan fingerprint density at radius 3 is 2.64 bits per heavy atom. The molecule has 0 bridgehead atoms. The van der Waals surface area contributed by atoms with Crippen LogP contribution in [0.1, 0.15) is 55.3 Å². The second kappa shape index (κ2) is 7.13. The summed E-state index contributed by atoms with van der Waals surface area (Å²) in [4.78, 5) is 25.1. The standard InChI is InChI=1S/C18H22N2O5/c21-15(13-7-8-16(22)18(23)17(13)20(24)25)9-11-19-10-3-5-12-4-1-2-6-14(12)19/h7-8,22-23H,1-6,9-11H2. The highest BCUT2D eigenvalue weighted by Crippen LogP contribution is 2.38. The third kappa shape index (κ3) is 3.45. The summed E-state index contributed by atoms with van der Waals surface area (Å²) < 4.78 is 0. The molecule has 0 amide bonds. The molecule has 0 saturated heterocycles. The molecule has 25 heavy (non-hydrogen) atoms. The van der Waals surface area contributed by atoms with Crippen molar-refractivity contribution < 1.29 is 19.9 Å². The number of nitro benzene ring substituents is 1. The Morgan fingerprint density at radius 1 is 1.16 bits per heavy atom. The zero-order chi connectivity index (χ0) is 18.0. The van der Waals surface area contributed by atoms with Gasteiger partial charge in [0.15, 0.2) is 11.5 Å². The number of benzene rings is 1. The van der Waals surface area contributed by atoms with Crippen LogP contribution >= 0.6 is 0 Å². The molecule has 0 unspecified atom stereocenters. The molecule has 1 aromatic rings. The molecule has 7 nitrogen and oxygen atoms in total. The van der Waals surface area contributed by atoms with Crippen molar-refractivity contribution in [2.45, 2.75) is 44.9 Å². The van der Waals surface area contributed by atoms with E-state index in [1.807, 2.05) is 0 Å². The number of nitro groups is 1. The van der Waals surface area contributed by atoms with Gasteiger partial charge in [-0.05, 0) is 50.7 Å². The summed E-state index contributed by atoms with van der Waals surface area (Å²) in [5, 5.41) is 30.3.